The quantitative estimate of drug-likeness (QED) is 0.443. The van der Waals surface area contributed by atoms with Gasteiger partial charge < -0.3 is 14.5 Å². The summed E-state index contributed by atoms with van der Waals surface area (Å²) in [4.78, 5) is 29.6. The third-order valence-electron chi connectivity index (χ3n) is 6.95. The number of benzene rings is 1. The summed E-state index contributed by atoms with van der Waals surface area (Å²) in [6.45, 7) is 9.87. The van der Waals surface area contributed by atoms with Crippen LogP contribution in [0.5, 0.6) is 0 Å². The van der Waals surface area contributed by atoms with E-state index in [1.54, 1.807) is 11.8 Å². The third kappa shape index (κ3) is 7.40. The van der Waals surface area contributed by atoms with E-state index in [0.29, 0.717) is 58.4 Å². The number of thioether (sulfide) groups is 1. The Morgan fingerprint density at radius 2 is 1.67 bits per heavy atom. The molecule has 2 aliphatic heterocycles. The lowest BCUT2D eigenvalue weighted by molar-refractivity contribution is -0.192. The molecule has 0 bridgehead atoms. The summed E-state index contributed by atoms with van der Waals surface area (Å²) in [5.74, 6) is -2.12. The van der Waals surface area contributed by atoms with Crippen LogP contribution in [0.1, 0.15) is 70.9 Å². The fraction of sp³-hybridized carbons (Fsp3) is 0.704. The highest BCUT2D eigenvalue weighted by Gasteiger charge is 2.49. The van der Waals surface area contributed by atoms with Gasteiger partial charge in [-0.05, 0) is 68.0 Å². The predicted octanol–water partition coefficient (Wildman–Crippen LogP) is 6.08. The molecule has 4 rings (SSSR count). The maximum Gasteiger partial charge on any atom is 0.471 e. The number of carbonyl (C=O) groups excluding carboxylic acids is 2. The first-order chi connectivity index (χ1) is 17.3. The van der Waals surface area contributed by atoms with Crippen LogP contribution in [-0.4, -0.2) is 65.9 Å². The molecule has 2 unspecified atom stereocenters. The summed E-state index contributed by atoms with van der Waals surface area (Å²) in [5, 5.41) is 0. The van der Waals surface area contributed by atoms with E-state index in [2.05, 4.69) is 18.2 Å². The van der Waals surface area contributed by atoms with Gasteiger partial charge in [-0.1, -0.05) is 33.8 Å². The molecule has 36 heavy (non-hydrogen) atoms. The van der Waals surface area contributed by atoms with Crippen LogP contribution in [0, 0.1) is 5.92 Å². The van der Waals surface area contributed by atoms with Gasteiger partial charge in [0.05, 0.1) is 0 Å². The minimum Gasteiger partial charge on any atom is -0.381 e. The molecule has 1 aromatic rings. The molecule has 9 heteroatoms. The van der Waals surface area contributed by atoms with Crippen molar-refractivity contribution in [1.82, 2.24) is 9.80 Å². The van der Waals surface area contributed by atoms with Gasteiger partial charge in [-0.15, -0.1) is 11.8 Å². The lowest BCUT2D eigenvalue weighted by Gasteiger charge is -2.39. The second-order valence-electron chi connectivity index (χ2n) is 8.86. The standard InChI is InChI=1S/C23H29F3N2O3S.2C2H6/c1-32-20-5-3-15-6-9-27(14-17(15)13-20)21(29)16-2-4-19(12-16)28(22(30)23(24,25)26)18-7-10-31-11-8-18;2*1-2/h3,5,13,16,18-19H,2,4,6-12,14H2,1H3;2*1-2H3. The summed E-state index contributed by atoms with van der Waals surface area (Å²) in [7, 11) is 0. The molecule has 0 aromatic heterocycles. The molecule has 0 spiro atoms. The molecule has 5 nitrogen and oxygen atoms in total. The first-order valence-corrected chi connectivity index (χ1v) is 14.4. The van der Waals surface area contributed by atoms with Gasteiger partial charge in [-0.25, -0.2) is 0 Å². The van der Waals surface area contributed by atoms with Crippen LogP contribution in [0.25, 0.3) is 0 Å². The van der Waals surface area contributed by atoms with E-state index in [9.17, 15) is 22.8 Å². The van der Waals surface area contributed by atoms with Crippen LogP contribution in [-0.2, 0) is 27.3 Å². The Hall–Kier alpha value is -1.74. The summed E-state index contributed by atoms with van der Waals surface area (Å²) in [6.07, 6.45) is -0.0716. The van der Waals surface area contributed by atoms with E-state index >= 15 is 0 Å². The fourth-order valence-corrected chi connectivity index (χ4v) is 5.75. The van der Waals surface area contributed by atoms with Crippen molar-refractivity contribution in [2.75, 3.05) is 26.0 Å². The van der Waals surface area contributed by atoms with Crippen molar-refractivity contribution in [3.8, 4) is 0 Å². The van der Waals surface area contributed by atoms with Crippen molar-refractivity contribution in [3.05, 3.63) is 29.3 Å². The maximum atomic E-state index is 13.4. The number of nitrogens with zero attached hydrogens (tertiary/aromatic N) is 2. The maximum absolute atomic E-state index is 13.4. The first kappa shape index (κ1) is 30.5. The highest BCUT2D eigenvalue weighted by molar-refractivity contribution is 7.98. The van der Waals surface area contributed by atoms with Gasteiger partial charge in [0.25, 0.3) is 0 Å². The molecule has 2 amide bonds. The number of ether oxygens (including phenoxy) is 1. The molecule has 1 saturated heterocycles. The van der Waals surface area contributed by atoms with Crippen LogP contribution >= 0.6 is 11.8 Å². The lowest BCUT2D eigenvalue weighted by atomic mass is 9.97. The molecular weight excluding hydrogens is 489 g/mol. The van der Waals surface area contributed by atoms with Crippen molar-refractivity contribution >= 4 is 23.6 Å². The van der Waals surface area contributed by atoms with Gasteiger partial charge in [0.1, 0.15) is 0 Å². The largest absolute Gasteiger partial charge is 0.471 e. The number of amides is 2. The smallest absolute Gasteiger partial charge is 0.381 e. The Bertz CT molecular complexity index is 859. The summed E-state index contributed by atoms with van der Waals surface area (Å²) < 4.78 is 45.4. The first-order valence-electron chi connectivity index (χ1n) is 13.2. The van der Waals surface area contributed by atoms with Gasteiger partial charge in [-0.3, -0.25) is 9.59 Å². The molecule has 1 saturated carbocycles. The summed E-state index contributed by atoms with van der Waals surface area (Å²) in [5.41, 5.74) is 2.39. The van der Waals surface area contributed by atoms with Crippen molar-refractivity contribution in [2.45, 2.75) is 95.9 Å². The lowest BCUT2D eigenvalue weighted by Crippen LogP contribution is -2.53. The average molecular weight is 531 g/mol. The minimum atomic E-state index is -4.91. The third-order valence-corrected chi connectivity index (χ3v) is 7.67. The van der Waals surface area contributed by atoms with E-state index in [-0.39, 0.29) is 11.8 Å². The van der Waals surface area contributed by atoms with E-state index in [1.807, 2.05) is 38.9 Å². The van der Waals surface area contributed by atoms with E-state index in [0.717, 1.165) is 21.8 Å². The summed E-state index contributed by atoms with van der Waals surface area (Å²) in [6, 6.07) is 5.28. The fourth-order valence-electron chi connectivity index (χ4n) is 5.28. The normalized spacial score (nSPS) is 21.9. The van der Waals surface area contributed by atoms with Gasteiger partial charge in [0.15, 0.2) is 0 Å². The Balaban J connectivity index is 0.00000109. The Kier molecular flexibility index (Phi) is 12.1. The van der Waals surface area contributed by atoms with Crippen LogP contribution < -0.4 is 0 Å². The van der Waals surface area contributed by atoms with Crippen molar-refractivity contribution in [3.63, 3.8) is 0 Å². The number of alkyl halides is 3. The van der Waals surface area contributed by atoms with Gasteiger partial charge in [0.2, 0.25) is 5.91 Å². The van der Waals surface area contributed by atoms with Crippen molar-refractivity contribution < 1.29 is 27.5 Å². The molecule has 1 aromatic carbocycles. The van der Waals surface area contributed by atoms with E-state index in [4.69, 9.17) is 4.74 Å². The highest BCUT2D eigenvalue weighted by atomic mass is 32.2. The minimum absolute atomic E-state index is 0.000843. The number of hydrogen-bond donors (Lipinski definition) is 0. The molecule has 2 heterocycles. The molecule has 3 aliphatic rings. The molecule has 2 atom stereocenters. The number of rotatable bonds is 4. The monoisotopic (exact) mass is 530 g/mol. The number of hydrogen-bond acceptors (Lipinski definition) is 4. The summed E-state index contributed by atoms with van der Waals surface area (Å²) >= 11 is 1.66. The Morgan fingerprint density at radius 1 is 1.00 bits per heavy atom. The number of halogens is 3. The molecule has 2 fully saturated rings. The second kappa shape index (κ2) is 14.3. The highest BCUT2D eigenvalue weighted by Crippen LogP contribution is 2.37. The predicted molar refractivity (Wildman–Crippen MR) is 138 cm³/mol. The van der Waals surface area contributed by atoms with E-state index in [1.165, 1.54) is 5.56 Å². The van der Waals surface area contributed by atoms with Gasteiger partial charge in [-0.2, -0.15) is 13.2 Å². The van der Waals surface area contributed by atoms with Crippen LogP contribution in [0.4, 0.5) is 13.2 Å². The molecular formula is C27H41F3N2O3S. The SMILES string of the molecule is CC.CC.CSc1ccc2c(c1)CN(C(=O)C1CCC(N(C(=O)C(F)(F)F)C3CCOCC3)C1)CC2. The van der Waals surface area contributed by atoms with Crippen molar-refractivity contribution in [1.29, 1.82) is 0 Å². The van der Waals surface area contributed by atoms with Crippen LogP contribution in [0.3, 0.4) is 0 Å². The van der Waals surface area contributed by atoms with Gasteiger partial charge in [0, 0.05) is 49.2 Å². The van der Waals surface area contributed by atoms with Gasteiger partial charge >= 0.3 is 12.1 Å². The van der Waals surface area contributed by atoms with Crippen molar-refractivity contribution in [2.24, 2.45) is 5.92 Å². The number of carbonyl (C=O) groups is 2. The zero-order valence-electron chi connectivity index (χ0n) is 22.2. The topological polar surface area (TPSA) is 49.9 Å². The molecule has 0 N–H and O–H groups in total. The van der Waals surface area contributed by atoms with E-state index < -0.39 is 24.2 Å². The zero-order valence-corrected chi connectivity index (χ0v) is 23.0. The average Bonchev–Trinajstić information content (AvgIpc) is 3.39. The Labute approximate surface area is 218 Å². The molecule has 204 valence electrons. The zero-order chi connectivity index (χ0) is 26.9. The molecule has 1 aliphatic carbocycles. The van der Waals surface area contributed by atoms with Crippen LogP contribution in [0.15, 0.2) is 23.1 Å². The second-order valence-corrected chi connectivity index (χ2v) is 9.74. The Morgan fingerprint density at radius 3 is 2.28 bits per heavy atom. The molecule has 0 radical (unpaired) electrons. The number of fused-ring (bicyclic) bond motifs is 1. The van der Waals surface area contributed by atoms with Crippen LogP contribution in [0.2, 0.25) is 0 Å².